The van der Waals surface area contributed by atoms with Crippen molar-refractivity contribution in [3.05, 3.63) is 53.6 Å². The molecule has 25 heavy (non-hydrogen) atoms. The van der Waals surface area contributed by atoms with Crippen LogP contribution in [0.1, 0.15) is 55.6 Å². The van der Waals surface area contributed by atoms with E-state index < -0.39 is 0 Å². The number of allylic oxidation sites excluding steroid dienone is 4. The van der Waals surface area contributed by atoms with Crippen LogP contribution in [0.4, 0.5) is 0 Å². The van der Waals surface area contributed by atoms with Gasteiger partial charge in [0.2, 0.25) is 0 Å². The van der Waals surface area contributed by atoms with E-state index in [9.17, 15) is 0 Å². The third-order valence-electron chi connectivity index (χ3n) is 5.56. The Morgan fingerprint density at radius 3 is 2.64 bits per heavy atom. The van der Waals surface area contributed by atoms with Crippen LogP contribution in [0, 0.1) is 17.2 Å². The van der Waals surface area contributed by atoms with Crippen molar-refractivity contribution in [2.24, 2.45) is 11.7 Å². The molecule has 2 aliphatic carbocycles. The van der Waals surface area contributed by atoms with Gasteiger partial charge in [0.15, 0.2) is 0 Å². The fraction of sp³-hybridized carbons (Fsp3) is 0.500. The Hall–Kier alpha value is -1.89. The van der Waals surface area contributed by atoms with E-state index in [4.69, 9.17) is 11.0 Å². The van der Waals surface area contributed by atoms with Crippen molar-refractivity contribution < 1.29 is 0 Å². The molecule has 0 saturated heterocycles. The van der Waals surface area contributed by atoms with Crippen molar-refractivity contribution in [1.82, 2.24) is 5.32 Å². The number of hydrogen-bond acceptors (Lipinski definition) is 3. The Morgan fingerprint density at radius 1 is 1.20 bits per heavy atom. The lowest BCUT2D eigenvalue weighted by atomic mass is 9.89. The van der Waals surface area contributed by atoms with E-state index in [0.717, 1.165) is 25.4 Å². The Morgan fingerprint density at radius 2 is 1.96 bits per heavy atom. The molecule has 0 bridgehead atoms. The predicted octanol–water partition coefficient (Wildman–Crippen LogP) is 4.13. The van der Waals surface area contributed by atoms with Crippen molar-refractivity contribution in [3.63, 3.8) is 0 Å². The molecule has 0 spiro atoms. The highest BCUT2D eigenvalue weighted by Gasteiger charge is 2.16. The van der Waals surface area contributed by atoms with Gasteiger partial charge in [-0.2, -0.15) is 5.26 Å². The number of hydrogen-bond donors (Lipinski definition) is 2. The first-order chi connectivity index (χ1) is 12.3. The van der Waals surface area contributed by atoms with E-state index in [0.29, 0.717) is 12.5 Å². The number of nitriles is 1. The molecule has 3 heteroatoms. The first-order valence-corrected chi connectivity index (χ1v) is 9.61. The summed E-state index contributed by atoms with van der Waals surface area (Å²) in [6, 6.07) is 11.8. The molecule has 3 rings (SSSR count). The molecule has 1 saturated carbocycles. The van der Waals surface area contributed by atoms with Crippen LogP contribution in [0.2, 0.25) is 0 Å². The third-order valence-corrected chi connectivity index (χ3v) is 5.56. The summed E-state index contributed by atoms with van der Waals surface area (Å²) >= 11 is 0. The molecule has 0 heterocycles. The van der Waals surface area contributed by atoms with Crippen molar-refractivity contribution in [2.45, 2.75) is 50.5 Å². The van der Waals surface area contributed by atoms with Crippen molar-refractivity contribution in [1.29, 1.82) is 5.26 Å². The first kappa shape index (κ1) is 17.9. The fourth-order valence-corrected chi connectivity index (χ4v) is 3.96. The normalized spacial score (nSPS) is 21.8. The van der Waals surface area contributed by atoms with Gasteiger partial charge in [-0.3, -0.25) is 0 Å². The van der Waals surface area contributed by atoms with Gasteiger partial charge in [0.05, 0.1) is 12.0 Å². The highest BCUT2D eigenvalue weighted by atomic mass is 14.9. The van der Waals surface area contributed by atoms with Crippen molar-refractivity contribution >= 4 is 5.57 Å². The molecule has 0 amide bonds. The number of rotatable bonds is 7. The lowest BCUT2D eigenvalue weighted by Gasteiger charge is -2.19. The molecule has 3 nitrogen and oxygen atoms in total. The van der Waals surface area contributed by atoms with Gasteiger partial charge in [-0.25, -0.2) is 0 Å². The minimum absolute atomic E-state index is 0.00173. The lowest BCUT2D eigenvalue weighted by Crippen LogP contribution is -2.29. The Kier molecular flexibility index (Phi) is 6.44. The summed E-state index contributed by atoms with van der Waals surface area (Å²) in [5.41, 5.74) is 9.81. The Bertz CT molecular complexity index is 645. The molecule has 132 valence electrons. The summed E-state index contributed by atoms with van der Waals surface area (Å²) in [4.78, 5) is 0. The van der Waals surface area contributed by atoms with E-state index >= 15 is 0 Å². The third kappa shape index (κ3) is 4.81. The summed E-state index contributed by atoms with van der Waals surface area (Å²) in [6.07, 6.45) is 13.4. The van der Waals surface area contributed by atoms with Crippen molar-refractivity contribution in [3.8, 4) is 6.07 Å². The molecule has 1 aromatic rings. The summed E-state index contributed by atoms with van der Waals surface area (Å²) in [7, 11) is 0. The minimum atomic E-state index is -0.00173. The van der Waals surface area contributed by atoms with E-state index in [1.165, 1.54) is 42.4 Å². The molecule has 0 aliphatic heterocycles. The SMILES string of the molecule is N#CC1C=CC=C(c2ccc(C(CN)CCNC3CCCC3)cc2)C1. The van der Waals surface area contributed by atoms with Crippen LogP contribution in [0.25, 0.3) is 5.57 Å². The van der Waals surface area contributed by atoms with Crippen LogP contribution in [0.3, 0.4) is 0 Å². The zero-order valence-electron chi connectivity index (χ0n) is 15.0. The molecular weight excluding hydrogens is 306 g/mol. The topological polar surface area (TPSA) is 61.8 Å². The van der Waals surface area contributed by atoms with Crippen LogP contribution >= 0.6 is 0 Å². The molecule has 2 unspecified atom stereocenters. The lowest BCUT2D eigenvalue weighted by molar-refractivity contribution is 0.490. The number of nitrogens with two attached hydrogens (primary N) is 1. The number of nitrogens with zero attached hydrogens (tertiary/aromatic N) is 1. The maximum absolute atomic E-state index is 9.12. The maximum Gasteiger partial charge on any atom is 0.0701 e. The van der Waals surface area contributed by atoms with E-state index in [2.05, 4.69) is 41.7 Å². The van der Waals surface area contributed by atoms with Gasteiger partial charge in [0.25, 0.3) is 0 Å². The average molecular weight is 335 g/mol. The summed E-state index contributed by atoms with van der Waals surface area (Å²) in [5, 5.41) is 12.8. The second-order valence-electron chi connectivity index (χ2n) is 7.30. The summed E-state index contributed by atoms with van der Waals surface area (Å²) < 4.78 is 0. The van der Waals surface area contributed by atoms with Crippen LogP contribution in [-0.4, -0.2) is 19.1 Å². The fourth-order valence-electron chi connectivity index (χ4n) is 3.96. The minimum Gasteiger partial charge on any atom is -0.330 e. The van der Waals surface area contributed by atoms with Gasteiger partial charge in [-0.05, 0) is 61.4 Å². The van der Waals surface area contributed by atoms with Crippen LogP contribution in [0.5, 0.6) is 0 Å². The Labute approximate surface area is 151 Å². The molecule has 2 atom stereocenters. The molecular formula is C22H29N3. The molecule has 0 radical (unpaired) electrons. The summed E-state index contributed by atoms with van der Waals surface area (Å²) in [5.74, 6) is 0.410. The second-order valence-corrected chi connectivity index (χ2v) is 7.30. The van der Waals surface area contributed by atoms with Crippen LogP contribution in [-0.2, 0) is 0 Å². The van der Waals surface area contributed by atoms with Gasteiger partial charge >= 0.3 is 0 Å². The van der Waals surface area contributed by atoms with Gasteiger partial charge in [0, 0.05) is 6.04 Å². The molecule has 1 fully saturated rings. The number of benzene rings is 1. The molecule has 0 aromatic heterocycles. The highest BCUT2D eigenvalue weighted by Crippen LogP contribution is 2.28. The van der Waals surface area contributed by atoms with E-state index in [1.807, 2.05) is 12.2 Å². The van der Waals surface area contributed by atoms with Gasteiger partial charge < -0.3 is 11.1 Å². The second kappa shape index (κ2) is 8.99. The van der Waals surface area contributed by atoms with E-state index in [1.54, 1.807) is 0 Å². The standard InChI is InChI=1S/C22H29N3/c23-15-17-4-3-5-20(14-17)18-8-10-19(11-9-18)21(16-24)12-13-25-22-6-1-2-7-22/h3-5,8-11,17,21-22,25H,1-2,6-7,12-14,16,24H2. The highest BCUT2D eigenvalue weighted by molar-refractivity contribution is 5.69. The van der Waals surface area contributed by atoms with Crippen molar-refractivity contribution in [2.75, 3.05) is 13.1 Å². The van der Waals surface area contributed by atoms with Crippen LogP contribution < -0.4 is 11.1 Å². The number of nitrogens with one attached hydrogen (secondary N) is 1. The molecule has 1 aromatic carbocycles. The van der Waals surface area contributed by atoms with Gasteiger partial charge in [-0.1, -0.05) is 55.3 Å². The average Bonchev–Trinajstić information content (AvgIpc) is 3.19. The quantitative estimate of drug-likeness (QED) is 0.787. The van der Waals surface area contributed by atoms with Crippen LogP contribution in [0.15, 0.2) is 42.5 Å². The smallest absolute Gasteiger partial charge is 0.0701 e. The molecule has 3 N–H and O–H groups in total. The van der Waals surface area contributed by atoms with Gasteiger partial charge in [0.1, 0.15) is 0 Å². The first-order valence-electron chi connectivity index (χ1n) is 9.61. The zero-order chi connectivity index (χ0) is 17.5. The molecule has 2 aliphatic rings. The zero-order valence-corrected chi connectivity index (χ0v) is 15.0. The predicted molar refractivity (Wildman–Crippen MR) is 104 cm³/mol. The Balaban J connectivity index is 1.57. The van der Waals surface area contributed by atoms with E-state index in [-0.39, 0.29) is 5.92 Å². The maximum atomic E-state index is 9.12. The summed E-state index contributed by atoms with van der Waals surface area (Å²) in [6.45, 7) is 1.74. The van der Waals surface area contributed by atoms with Gasteiger partial charge in [-0.15, -0.1) is 0 Å². The monoisotopic (exact) mass is 335 g/mol. The largest absolute Gasteiger partial charge is 0.330 e.